The Labute approximate surface area is 111 Å². The third kappa shape index (κ3) is 2.24. The molecule has 2 aromatic heterocycles. The molecule has 0 spiro atoms. The number of nitrogens with zero attached hydrogens (tertiary/aromatic N) is 4. The topological polar surface area (TPSA) is 47.7 Å². The first-order valence-electron chi connectivity index (χ1n) is 6.33. The lowest BCUT2D eigenvalue weighted by Gasteiger charge is -2.06. The van der Waals surface area contributed by atoms with Gasteiger partial charge in [0.25, 0.3) is 0 Å². The summed E-state index contributed by atoms with van der Waals surface area (Å²) in [5.41, 5.74) is 2.52. The van der Waals surface area contributed by atoms with Crippen LogP contribution in [0.25, 0.3) is 10.9 Å². The minimum Gasteiger partial charge on any atom is -0.340 e. The second-order valence-corrected chi connectivity index (χ2v) is 4.67. The molecule has 2 heterocycles. The van der Waals surface area contributed by atoms with Crippen LogP contribution in [0.1, 0.15) is 11.4 Å². The molecule has 1 N–H and O–H groups in total. The van der Waals surface area contributed by atoms with E-state index in [2.05, 4.69) is 50.4 Å². The molecule has 0 aliphatic carbocycles. The Morgan fingerprint density at radius 1 is 1.26 bits per heavy atom. The van der Waals surface area contributed by atoms with Crippen molar-refractivity contribution in [3.8, 4) is 0 Å². The van der Waals surface area contributed by atoms with Crippen molar-refractivity contribution in [2.45, 2.75) is 13.1 Å². The first-order chi connectivity index (χ1) is 9.28. The average molecular weight is 255 g/mol. The van der Waals surface area contributed by atoms with E-state index in [0.29, 0.717) is 0 Å². The van der Waals surface area contributed by atoms with Crippen LogP contribution in [0.4, 0.5) is 0 Å². The van der Waals surface area contributed by atoms with Crippen molar-refractivity contribution in [1.82, 2.24) is 24.6 Å². The highest BCUT2D eigenvalue weighted by Gasteiger charge is 2.06. The molecule has 0 aliphatic heterocycles. The molecule has 0 saturated heterocycles. The summed E-state index contributed by atoms with van der Waals surface area (Å²) in [5, 5.41) is 8.54. The molecule has 5 nitrogen and oxygen atoms in total. The molecular weight excluding hydrogens is 238 g/mol. The second kappa shape index (κ2) is 4.85. The van der Waals surface area contributed by atoms with Gasteiger partial charge in [0, 0.05) is 25.3 Å². The highest BCUT2D eigenvalue weighted by Crippen LogP contribution is 2.18. The van der Waals surface area contributed by atoms with Crippen LogP contribution in [0.5, 0.6) is 0 Å². The predicted molar refractivity (Wildman–Crippen MR) is 74.8 cm³/mol. The monoisotopic (exact) mass is 255 g/mol. The summed E-state index contributed by atoms with van der Waals surface area (Å²) < 4.78 is 4.02. The van der Waals surface area contributed by atoms with Crippen LogP contribution < -0.4 is 5.32 Å². The van der Waals surface area contributed by atoms with Crippen LogP contribution in [0.2, 0.25) is 0 Å². The number of benzene rings is 1. The van der Waals surface area contributed by atoms with Gasteiger partial charge in [-0.1, -0.05) is 12.1 Å². The van der Waals surface area contributed by atoms with E-state index in [1.54, 1.807) is 6.33 Å². The zero-order chi connectivity index (χ0) is 13.2. The van der Waals surface area contributed by atoms with Gasteiger partial charge >= 0.3 is 0 Å². The number of hydrogen-bond acceptors (Lipinski definition) is 3. The molecule has 0 bridgehead atoms. The minimum absolute atomic E-state index is 0.739. The van der Waals surface area contributed by atoms with Crippen molar-refractivity contribution in [3.63, 3.8) is 0 Å². The first-order valence-corrected chi connectivity index (χ1v) is 6.33. The molecule has 0 atom stereocenters. The number of nitrogens with one attached hydrogen (secondary N) is 1. The van der Waals surface area contributed by atoms with Crippen LogP contribution >= 0.6 is 0 Å². The summed E-state index contributed by atoms with van der Waals surface area (Å²) in [6.45, 7) is 1.62. The van der Waals surface area contributed by atoms with Gasteiger partial charge in [-0.25, -0.2) is 4.98 Å². The molecule has 3 aromatic rings. The zero-order valence-corrected chi connectivity index (χ0v) is 11.2. The molecule has 3 rings (SSSR count). The second-order valence-electron chi connectivity index (χ2n) is 4.67. The maximum atomic E-state index is 4.27. The van der Waals surface area contributed by atoms with Crippen LogP contribution in [0.3, 0.4) is 0 Å². The Hall–Kier alpha value is -2.14. The number of aryl methyl sites for hydroxylation is 1. The van der Waals surface area contributed by atoms with Gasteiger partial charge in [0.15, 0.2) is 0 Å². The molecular formula is C14H17N5. The number of hydrogen-bond donors (Lipinski definition) is 1. The van der Waals surface area contributed by atoms with Crippen molar-refractivity contribution in [2.75, 3.05) is 7.05 Å². The van der Waals surface area contributed by atoms with E-state index in [-0.39, 0.29) is 0 Å². The van der Waals surface area contributed by atoms with Crippen LogP contribution in [-0.2, 0) is 20.1 Å². The SMILES string of the molecule is CNCc1ccc2ccn(Cc3ncnn3C)c2c1. The Morgan fingerprint density at radius 2 is 2.16 bits per heavy atom. The lowest BCUT2D eigenvalue weighted by Crippen LogP contribution is -2.07. The maximum absolute atomic E-state index is 4.27. The number of rotatable bonds is 4. The highest BCUT2D eigenvalue weighted by atomic mass is 15.3. The molecule has 19 heavy (non-hydrogen) atoms. The Bertz CT molecular complexity index is 695. The fraction of sp³-hybridized carbons (Fsp3) is 0.286. The first kappa shape index (κ1) is 11.9. The molecule has 0 unspecified atom stereocenters. The van der Waals surface area contributed by atoms with Crippen molar-refractivity contribution in [3.05, 3.63) is 48.2 Å². The highest BCUT2D eigenvalue weighted by molar-refractivity contribution is 5.80. The molecule has 0 saturated carbocycles. The summed E-state index contributed by atoms with van der Waals surface area (Å²) >= 11 is 0. The van der Waals surface area contributed by atoms with E-state index in [4.69, 9.17) is 0 Å². The minimum atomic E-state index is 0.739. The molecule has 98 valence electrons. The lowest BCUT2D eigenvalue weighted by molar-refractivity contribution is 0.664. The van der Waals surface area contributed by atoms with Crippen molar-refractivity contribution >= 4 is 10.9 Å². The van der Waals surface area contributed by atoms with Crippen molar-refractivity contribution in [2.24, 2.45) is 7.05 Å². The quantitative estimate of drug-likeness (QED) is 0.769. The van der Waals surface area contributed by atoms with Crippen molar-refractivity contribution < 1.29 is 0 Å². The predicted octanol–water partition coefficient (Wildman–Crippen LogP) is 1.54. The van der Waals surface area contributed by atoms with Gasteiger partial charge in [0.1, 0.15) is 12.2 Å². The van der Waals surface area contributed by atoms with E-state index >= 15 is 0 Å². The molecule has 5 heteroatoms. The van der Waals surface area contributed by atoms with Gasteiger partial charge in [-0.15, -0.1) is 0 Å². The fourth-order valence-corrected chi connectivity index (χ4v) is 2.30. The molecule has 0 fully saturated rings. The van der Waals surface area contributed by atoms with Crippen molar-refractivity contribution in [1.29, 1.82) is 0 Å². The van der Waals surface area contributed by atoms with Gasteiger partial charge in [0.2, 0.25) is 0 Å². The van der Waals surface area contributed by atoms with Crippen LogP contribution in [0.15, 0.2) is 36.8 Å². The Balaban J connectivity index is 1.99. The van der Waals surface area contributed by atoms with E-state index in [0.717, 1.165) is 18.9 Å². The summed E-state index contributed by atoms with van der Waals surface area (Å²) in [5.74, 6) is 0.955. The molecule has 0 radical (unpaired) electrons. The van der Waals surface area contributed by atoms with Gasteiger partial charge in [-0.3, -0.25) is 4.68 Å². The van der Waals surface area contributed by atoms with Crippen LogP contribution in [-0.4, -0.2) is 26.4 Å². The smallest absolute Gasteiger partial charge is 0.146 e. The van der Waals surface area contributed by atoms with Gasteiger partial charge in [0.05, 0.1) is 6.54 Å². The standard InChI is InChI=1S/C14H17N5/c1-15-8-11-3-4-12-5-6-19(13(12)7-11)9-14-16-10-17-18(14)2/h3-7,10,15H,8-9H2,1-2H3. The van der Waals surface area contributed by atoms with Gasteiger partial charge in [-0.05, 0) is 30.1 Å². The summed E-state index contributed by atoms with van der Waals surface area (Å²) in [4.78, 5) is 4.27. The molecule has 0 amide bonds. The number of fused-ring (bicyclic) bond motifs is 1. The Morgan fingerprint density at radius 3 is 2.89 bits per heavy atom. The number of aromatic nitrogens is 4. The van der Waals surface area contributed by atoms with E-state index < -0.39 is 0 Å². The summed E-state index contributed by atoms with van der Waals surface area (Å²) in [7, 11) is 3.88. The maximum Gasteiger partial charge on any atom is 0.146 e. The summed E-state index contributed by atoms with van der Waals surface area (Å²) in [6, 6.07) is 8.68. The fourth-order valence-electron chi connectivity index (χ4n) is 2.30. The zero-order valence-electron chi connectivity index (χ0n) is 11.2. The molecule has 0 aliphatic rings. The van der Waals surface area contributed by atoms with E-state index in [9.17, 15) is 0 Å². The lowest BCUT2D eigenvalue weighted by atomic mass is 10.1. The largest absolute Gasteiger partial charge is 0.340 e. The normalized spacial score (nSPS) is 11.3. The third-order valence-electron chi connectivity index (χ3n) is 3.34. The van der Waals surface area contributed by atoms with Gasteiger partial charge in [-0.2, -0.15) is 5.10 Å². The summed E-state index contributed by atoms with van der Waals surface area (Å²) in [6.07, 6.45) is 3.69. The van der Waals surface area contributed by atoms with E-state index in [1.165, 1.54) is 16.5 Å². The van der Waals surface area contributed by atoms with Gasteiger partial charge < -0.3 is 9.88 Å². The Kier molecular flexibility index (Phi) is 3.05. The average Bonchev–Trinajstić information content (AvgIpc) is 2.98. The van der Waals surface area contributed by atoms with Crippen LogP contribution in [0, 0.1) is 0 Å². The molecule has 1 aromatic carbocycles. The third-order valence-corrected chi connectivity index (χ3v) is 3.34. The van der Waals surface area contributed by atoms with E-state index in [1.807, 2.05) is 18.8 Å².